The summed E-state index contributed by atoms with van der Waals surface area (Å²) in [6.07, 6.45) is 3.59. The zero-order valence-electron chi connectivity index (χ0n) is 17.9. The number of halogens is 1. The SMILES string of the molecule is NS(=O)(=O)OC[C@H]1C[C@@H](Nc2ncncc2C(=O)c2cc(Cc3cccc(I)c3)cs2)C[C@@H]1O. The minimum Gasteiger partial charge on any atom is -0.393 e. The van der Waals surface area contributed by atoms with Crippen LogP contribution in [0, 0.1) is 9.49 Å². The van der Waals surface area contributed by atoms with Gasteiger partial charge in [-0.15, -0.1) is 11.3 Å². The third-order valence-electron chi connectivity index (χ3n) is 5.58. The molecule has 3 aromatic rings. The molecule has 3 atom stereocenters. The van der Waals surface area contributed by atoms with Crippen LogP contribution in [0.5, 0.6) is 0 Å². The topological polar surface area (TPSA) is 144 Å². The van der Waals surface area contributed by atoms with Crippen molar-refractivity contribution in [3.8, 4) is 0 Å². The Balaban J connectivity index is 1.44. The Morgan fingerprint density at radius 1 is 1.29 bits per heavy atom. The van der Waals surface area contributed by atoms with Crippen LogP contribution in [0.25, 0.3) is 0 Å². The predicted molar refractivity (Wildman–Crippen MR) is 137 cm³/mol. The molecule has 12 heteroatoms. The summed E-state index contributed by atoms with van der Waals surface area (Å²) in [5, 5.41) is 20.3. The van der Waals surface area contributed by atoms with E-state index in [-0.39, 0.29) is 18.4 Å². The Morgan fingerprint density at radius 2 is 2.12 bits per heavy atom. The first-order valence-corrected chi connectivity index (χ1v) is 13.9. The highest BCUT2D eigenvalue weighted by atomic mass is 127. The molecule has 1 aliphatic carbocycles. The van der Waals surface area contributed by atoms with Crippen molar-refractivity contribution >= 4 is 55.8 Å². The van der Waals surface area contributed by atoms with Gasteiger partial charge >= 0.3 is 10.3 Å². The summed E-state index contributed by atoms with van der Waals surface area (Å²) in [7, 11) is -4.08. The number of aliphatic hydroxyl groups is 1. The van der Waals surface area contributed by atoms with Crippen molar-refractivity contribution in [2.75, 3.05) is 11.9 Å². The van der Waals surface area contributed by atoms with E-state index >= 15 is 0 Å². The minimum atomic E-state index is -4.08. The molecular weight excluding hydrogens is 591 g/mol. The van der Waals surface area contributed by atoms with Crippen LogP contribution in [0.15, 0.2) is 48.2 Å². The molecule has 2 heterocycles. The lowest BCUT2D eigenvalue weighted by Crippen LogP contribution is -2.24. The maximum atomic E-state index is 13.2. The molecule has 4 rings (SSSR count). The van der Waals surface area contributed by atoms with E-state index in [2.05, 4.69) is 54.2 Å². The number of carbonyl (C=O) groups is 1. The first-order valence-electron chi connectivity index (χ1n) is 10.5. The van der Waals surface area contributed by atoms with E-state index in [1.807, 2.05) is 23.6 Å². The van der Waals surface area contributed by atoms with Gasteiger partial charge < -0.3 is 10.4 Å². The van der Waals surface area contributed by atoms with Crippen LogP contribution in [0.3, 0.4) is 0 Å². The van der Waals surface area contributed by atoms with E-state index in [0.29, 0.717) is 29.1 Å². The Bertz CT molecular complexity index is 1280. The van der Waals surface area contributed by atoms with Crippen LogP contribution in [0.1, 0.15) is 39.2 Å². The summed E-state index contributed by atoms with van der Waals surface area (Å²) < 4.78 is 27.9. The number of ketones is 1. The third-order valence-corrected chi connectivity index (χ3v) is 7.69. The molecule has 0 saturated heterocycles. The summed E-state index contributed by atoms with van der Waals surface area (Å²) in [6, 6.07) is 9.90. The number of rotatable bonds is 9. The van der Waals surface area contributed by atoms with E-state index < -0.39 is 22.3 Å². The number of thiophene rings is 1. The normalized spacial score (nSPS) is 20.4. The lowest BCUT2D eigenvalue weighted by Gasteiger charge is -2.15. The fourth-order valence-electron chi connectivity index (χ4n) is 3.99. The quantitative estimate of drug-likeness (QED) is 0.247. The zero-order chi connectivity index (χ0) is 24.3. The van der Waals surface area contributed by atoms with E-state index in [9.17, 15) is 18.3 Å². The van der Waals surface area contributed by atoms with Crippen LogP contribution in [-0.2, 0) is 20.9 Å². The van der Waals surface area contributed by atoms with Gasteiger partial charge in [0.15, 0.2) is 0 Å². The van der Waals surface area contributed by atoms with E-state index in [1.165, 1.54) is 29.4 Å². The molecule has 4 N–H and O–H groups in total. The molecule has 1 fully saturated rings. The largest absolute Gasteiger partial charge is 0.393 e. The molecule has 1 aromatic carbocycles. The van der Waals surface area contributed by atoms with Gasteiger partial charge in [0.2, 0.25) is 5.78 Å². The van der Waals surface area contributed by atoms with Crippen LogP contribution >= 0.6 is 33.9 Å². The number of hydrogen-bond donors (Lipinski definition) is 3. The standard InChI is InChI=1S/C22H23IN4O5S2/c23-16-3-1-2-13(5-16)4-14-6-20(33-11-14)21(29)18-9-25-12-26-22(18)27-17-7-15(19(28)8-17)10-32-34(24,30)31/h1-3,5-6,9,11-12,15,17,19,28H,4,7-8,10H2,(H2,24,30,31)(H,25,26,27)/t15-,17-,19+/m1/s1. The van der Waals surface area contributed by atoms with Gasteiger partial charge in [0.05, 0.1) is 23.2 Å². The number of aliphatic hydroxyl groups excluding tert-OH is 1. The fourth-order valence-corrected chi connectivity index (χ4v) is 5.83. The molecule has 0 radical (unpaired) electrons. The number of nitrogens with zero attached hydrogens (tertiary/aromatic N) is 2. The molecule has 0 spiro atoms. The second kappa shape index (κ2) is 10.7. The highest BCUT2D eigenvalue weighted by Crippen LogP contribution is 2.30. The number of aromatic nitrogens is 2. The monoisotopic (exact) mass is 614 g/mol. The van der Waals surface area contributed by atoms with Gasteiger partial charge in [0.1, 0.15) is 12.1 Å². The van der Waals surface area contributed by atoms with Gasteiger partial charge in [-0.2, -0.15) is 8.42 Å². The maximum Gasteiger partial charge on any atom is 0.333 e. The van der Waals surface area contributed by atoms with E-state index in [0.717, 1.165) is 15.6 Å². The Kier molecular flexibility index (Phi) is 7.94. The van der Waals surface area contributed by atoms with Gasteiger partial charge in [0.25, 0.3) is 0 Å². The molecule has 180 valence electrons. The van der Waals surface area contributed by atoms with Crippen LogP contribution < -0.4 is 10.5 Å². The molecular formula is C22H23IN4O5S2. The van der Waals surface area contributed by atoms with Crippen molar-refractivity contribution in [3.05, 3.63) is 73.4 Å². The summed E-state index contributed by atoms with van der Waals surface area (Å²) in [6.45, 7) is -0.202. The van der Waals surface area contributed by atoms with Crippen molar-refractivity contribution in [1.82, 2.24) is 9.97 Å². The van der Waals surface area contributed by atoms with Gasteiger partial charge in [-0.05, 0) is 76.6 Å². The smallest absolute Gasteiger partial charge is 0.333 e. The molecule has 0 unspecified atom stereocenters. The summed E-state index contributed by atoms with van der Waals surface area (Å²) in [4.78, 5) is 22.1. The number of carbonyl (C=O) groups excluding carboxylic acids is 1. The molecule has 1 saturated carbocycles. The van der Waals surface area contributed by atoms with Gasteiger partial charge in [-0.1, -0.05) is 12.1 Å². The average Bonchev–Trinajstić information content (AvgIpc) is 3.38. The lowest BCUT2D eigenvalue weighted by molar-refractivity contribution is 0.101. The Morgan fingerprint density at radius 3 is 2.88 bits per heavy atom. The van der Waals surface area contributed by atoms with Gasteiger partial charge in [0, 0.05) is 21.7 Å². The van der Waals surface area contributed by atoms with Crippen molar-refractivity contribution in [2.45, 2.75) is 31.4 Å². The number of anilines is 1. The highest BCUT2D eigenvalue weighted by Gasteiger charge is 2.34. The van der Waals surface area contributed by atoms with E-state index in [4.69, 9.17) is 5.14 Å². The zero-order valence-corrected chi connectivity index (χ0v) is 21.7. The Hall–Kier alpha value is -1.97. The summed E-state index contributed by atoms with van der Waals surface area (Å²) in [5.41, 5.74) is 2.57. The van der Waals surface area contributed by atoms with Crippen molar-refractivity contribution < 1.29 is 22.5 Å². The summed E-state index contributed by atoms with van der Waals surface area (Å²) >= 11 is 3.66. The molecule has 0 bridgehead atoms. The molecule has 0 amide bonds. The molecule has 34 heavy (non-hydrogen) atoms. The van der Waals surface area contributed by atoms with Gasteiger partial charge in [-0.25, -0.2) is 15.1 Å². The van der Waals surface area contributed by atoms with Gasteiger partial charge in [-0.3, -0.25) is 8.98 Å². The second-order valence-electron chi connectivity index (χ2n) is 8.16. The number of nitrogens with two attached hydrogens (primary N) is 1. The molecule has 2 aromatic heterocycles. The van der Waals surface area contributed by atoms with Crippen LogP contribution in [0.4, 0.5) is 5.82 Å². The van der Waals surface area contributed by atoms with Crippen molar-refractivity contribution in [1.29, 1.82) is 0 Å². The highest BCUT2D eigenvalue weighted by molar-refractivity contribution is 14.1. The predicted octanol–water partition coefficient (Wildman–Crippen LogP) is 2.74. The first kappa shape index (κ1) is 25.1. The number of benzene rings is 1. The average molecular weight is 614 g/mol. The molecule has 9 nitrogen and oxygen atoms in total. The van der Waals surface area contributed by atoms with Crippen LogP contribution in [0.2, 0.25) is 0 Å². The molecule has 1 aliphatic rings. The fraction of sp³-hybridized carbons (Fsp3) is 0.318. The van der Waals surface area contributed by atoms with Crippen molar-refractivity contribution in [2.24, 2.45) is 11.1 Å². The number of nitrogens with one attached hydrogen (secondary N) is 1. The maximum absolute atomic E-state index is 13.2. The second-order valence-corrected chi connectivity index (χ2v) is 11.5. The van der Waals surface area contributed by atoms with Crippen molar-refractivity contribution in [3.63, 3.8) is 0 Å². The lowest BCUT2D eigenvalue weighted by atomic mass is 10.1. The minimum absolute atomic E-state index is 0.186. The third kappa shape index (κ3) is 6.58. The summed E-state index contributed by atoms with van der Waals surface area (Å²) in [5.74, 6) is -0.217. The first-order chi connectivity index (χ1) is 16.2. The van der Waals surface area contributed by atoms with Crippen LogP contribution in [-0.4, -0.2) is 48.0 Å². The van der Waals surface area contributed by atoms with E-state index in [1.54, 1.807) is 0 Å². The molecule has 0 aliphatic heterocycles. The number of hydrogen-bond acceptors (Lipinski definition) is 9. The Labute approximate surface area is 215 Å².